The number of nitrogens with zero attached hydrogens (tertiary/aromatic N) is 1. The summed E-state index contributed by atoms with van der Waals surface area (Å²) < 4.78 is 0. The Kier molecular flexibility index (Phi) is 4.14. The number of carbonyl (C=O) groups excluding carboxylic acids is 2. The van der Waals surface area contributed by atoms with Crippen molar-refractivity contribution in [1.82, 2.24) is 0 Å². The van der Waals surface area contributed by atoms with Crippen LogP contribution in [0.4, 0.5) is 5.69 Å². The average Bonchev–Trinajstić information content (AvgIpc) is 2.68. The molecule has 1 unspecified atom stereocenters. The molecule has 1 aliphatic rings. The van der Waals surface area contributed by atoms with Crippen molar-refractivity contribution >= 4 is 28.5 Å². The fourth-order valence-electron chi connectivity index (χ4n) is 2.34. The van der Waals surface area contributed by atoms with Crippen molar-refractivity contribution in [2.24, 2.45) is 5.92 Å². The number of phenols is 1. The fourth-order valence-corrected chi connectivity index (χ4v) is 3.03. The van der Waals surface area contributed by atoms with Crippen LogP contribution in [0, 0.1) is 12.8 Å². The van der Waals surface area contributed by atoms with Gasteiger partial charge in [-0.15, -0.1) is 0 Å². The first-order valence-corrected chi connectivity index (χ1v) is 7.20. The summed E-state index contributed by atoms with van der Waals surface area (Å²) in [5.41, 5.74) is 1.48. The molecule has 4 nitrogen and oxygen atoms in total. The van der Waals surface area contributed by atoms with Crippen LogP contribution in [0.1, 0.15) is 18.9 Å². The van der Waals surface area contributed by atoms with E-state index in [-0.39, 0.29) is 22.7 Å². The third-order valence-electron chi connectivity index (χ3n) is 3.21. The highest BCUT2D eigenvalue weighted by atomic mass is 32.2. The topological polar surface area (TPSA) is 57.6 Å². The zero-order valence-corrected chi connectivity index (χ0v) is 11.9. The van der Waals surface area contributed by atoms with Gasteiger partial charge in [-0.05, 0) is 24.5 Å². The summed E-state index contributed by atoms with van der Waals surface area (Å²) in [4.78, 5) is 24.7. The van der Waals surface area contributed by atoms with Gasteiger partial charge in [0.05, 0.1) is 5.69 Å². The van der Waals surface area contributed by atoms with E-state index in [1.807, 2.05) is 13.0 Å². The van der Waals surface area contributed by atoms with Gasteiger partial charge in [0.1, 0.15) is 5.75 Å². The summed E-state index contributed by atoms with van der Waals surface area (Å²) >= 11 is 1.26. The van der Waals surface area contributed by atoms with E-state index in [0.29, 0.717) is 24.4 Å². The summed E-state index contributed by atoms with van der Waals surface area (Å²) in [6.45, 7) is 3.98. The molecule has 2 rings (SSSR count). The van der Waals surface area contributed by atoms with Crippen molar-refractivity contribution in [3.63, 3.8) is 0 Å². The highest BCUT2D eigenvalue weighted by Crippen LogP contribution is 2.35. The van der Waals surface area contributed by atoms with Crippen LogP contribution in [-0.4, -0.2) is 28.4 Å². The van der Waals surface area contributed by atoms with Gasteiger partial charge in [-0.1, -0.05) is 23.9 Å². The van der Waals surface area contributed by atoms with Crippen LogP contribution in [0.15, 0.2) is 18.2 Å². The van der Waals surface area contributed by atoms with Gasteiger partial charge in [-0.3, -0.25) is 9.59 Å². The van der Waals surface area contributed by atoms with Gasteiger partial charge in [-0.25, -0.2) is 0 Å². The van der Waals surface area contributed by atoms with E-state index >= 15 is 0 Å². The molecule has 0 aromatic heterocycles. The highest BCUT2D eigenvalue weighted by molar-refractivity contribution is 8.13. The van der Waals surface area contributed by atoms with Gasteiger partial charge < -0.3 is 10.0 Å². The quantitative estimate of drug-likeness (QED) is 0.922. The molecule has 0 radical (unpaired) electrons. The van der Waals surface area contributed by atoms with Crippen molar-refractivity contribution in [3.05, 3.63) is 23.8 Å². The molecule has 5 heteroatoms. The zero-order chi connectivity index (χ0) is 14.0. The third-order valence-corrected chi connectivity index (χ3v) is 4.26. The summed E-state index contributed by atoms with van der Waals surface area (Å²) in [6.07, 6.45) is 0.439. The van der Waals surface area contributed by atoms with Gasteiger partial charge >= 0.3 is 0 Å². The average molecular weight is 279 g/mol. The number of anilines is 1. The van der Waals surface area contributed by atoms with Gasteiger partial charge in [0.25, 0.3) is 0 Å². The lowest BCUT2D eigenvalue weighted by Gasteiger charge is -2.20. The van der Waals surface area contributed by atoms with Gasteiger partial charge in [0, 0.05) is 25.6 Å². The molecule has 1 aromatic carbocycles. The minimum atomic E-state index is 0.0127. The van der Waals surface area contributed by atoms with E-state index in [1.54, 1.807) is 17.0 Å². The molecule has 0 saturated carbocycles. The molecule has 1 saturated heterocycles. The van der Waals surface area contributed by atoms with E-state index in [4.69, 9.17) is 0 Å². The maximum absolute atomic E-state index is 12.1. The zero-order valence-electron chi connectivity index (χ0n) is 11.0. The Morgan fingerprint density at radius 3 is 2.89 bits per heavy atom. The van der Waals surface area contributed by atoms with Crippen LogP contribution in [0.3, 0.4) is 0 Å². The second-order valence-corrected chi connectivity index (χ2v) is 6.02. The molecular weight excluding hydrogens is 262 g/mol. The molecule has 1 N–H and O–H groups in total. The molecule has 1 heterocycles. The summed E-state index contributed by atoms with van der Waals surface area (Å²) in [7, 11) is 0. The molecule has 0 aliphatic carbocycles. The van der Waals surface area contributed by atoms with Crippen LogP contribution in [0.25, 0.3) is 0 Å². The van der Waals surface area contributed by atoms with Gasteiger partial charge in [-0.2, -0.15) is 0 Å². The predicted molar refractivity (Wildman–Crippen MR) is 76.4 cm³/mol. The van der Waals surface area contributed by atoms with E-state index in [0.717, 1.165) is 5.56 Å². The lowest BCUT2D eigenvalue weighted by molar-refractivity contribution is -0.117. The number of aryl methyl sites for hydroxylation is 1. The van der Waals surface area contributed by atoms with Crippen LogP contribution >= 0.6 is 11.8 Å². The van der Waals surface area contributed by atoms with Crippen LogP contribution in [0.5, 0.6) is 5.75 Å². The number of amides is 1. The molecular formula is C14H17NO3S. The number of phenolic OH excluding ortho intramolecular Hbond substituents is 1. The Morgan fingerprint density at radius 1 is 1.53 bits per heavy atom. The Morgan fingerprint density at radius 2 is 2.26 bits per heavy atom. The molecule has 0 bridgehead atoms. The summed E-state index contributed by atoms with van der Waals surface area (Å²) in [5.74, 6) is 0.969. The van der Waals surface area contributed by atoms with Crippen LogP contribution in [-0.2, 0) is 9.59 Å². The number of rotatable bonds is 3. The first kappa shape index (κ1) is 13.9. The molecule has 1 aliphatic heterocycles. The maximum atomic E-state index is 12.1. The summed E-state index contributed by atoms with van der Waals surface area (Å²) in [6, 6.07) is 5.23. The number of aromatic hydroxyl groups is 1. The Balaban J connectivity index is 2.14. The van der Waals surface area contributed by atoms with Crippen molar-refractivity contribution in [2.75, 3.05) is 17.2 Å². The first-order chi connectivity index (χ1) is 8.99. The van der Waals surface area contributed by atoms with Crippen LogP contribution < -0.4 is 4.90 Å². The second kappa shape index (κ2) is 5.65. The number of para-hydroxylation sites is 1. The predicted octanol–water partition coefficient (Wildman–Crippen LogP) is 2.33. The van der Waals surface area contributed by atoms with E-state index < -0.39 is 0 Å². The van der Waals surface area contributed by atoms with E-state index in [2.05, 4.69) is 0 Å². The van der Waals surface area contributed by atoms with Crippen molar-refractivity contribution in [2.45, 2.75) is 20.3 Å². The van der Waals surface area contributed by atoms with E-state index in [1.165, 1.54) is 18.7 Å². The Bertz CT molecular complexity index is 495. The van der Waals surface area contributed by atoms with Crippen LogP contribution in [0.2, 0.25) is 0 Å². The standard InChI is InChI=1S/C14H17NO3S/c1-9-4-3-5-12(17)14(9)15-7-11(6-13(15)18)8-19-10(2)16/h3-5,11,17H,6-8H2,1-2H3. The Labute approximate surface area is 116 Å². The molecule has 102 valence electrons. The minimum absolute atomic E-state index is 0.0127. The number of hydrogen-bond donors (Lipinski definition) is 1. The molecule has 19 heavy (non-hydrogen) atoms. The maximum Gasteiger partial charge on any atom is 0.227 e. The smallest absolute Gasteiger partial charge is 0.227 e. The number of thioether (sulfide) groups is 1. The lowest BCUT2D eigenvalue weighted by Crippen LogP contribution is -2.25. The largest absolute Gasteiger partial charge is 0.506 e. The highest BCUT2D eigenvalue weighted by Gasteiger charge is 2.32. The first-order valence-electron chi connectivity index (χ1n) is 6.21. The Hall–Kier alpha value is -1.49. The molecule has 0 spiro atoms. The minimum Gasteiger partial charge on any atom is -0.506 e. The molecule has 1 amide bonds. The number of carbonyl (C=O) groups is 2. The molecule has 1 aromatic rings. The van der Waals surface area contributed by atoms with Crippen molar-refractivity contribution in [1.29, 1.82) is 0 Å². The number of benzene rings is 1. The van der Waals surface area contributed by atoms with Gasteiger partial charge in [0.2, 0.25) is 5.91 Å². The monoisotopic (exact) mass is 279 g/mol. The molecule has 1 atom stereocenters. The van der Waals surface area contributed by atoms with Gasteiger partial charge in [0.15, 0.2) is 5.12 Å². The summed E-state index contributed by atoms with van der Waals surface area (Å²) in [5, 5.41) is 9.99. The third kappa shape index (κ3) is 3.10. The SMILES string of the molecule is CC(=O)SCC1CC(=O)N(c2c(C)cccc2O)C1. The number of hydrogen-bond acceptors (Lipinski definition) is 4. The normalized spacial score (nSPS) is 18.9. The van der Waals surface area contributed by atoms with E-state index in [9.17, 15) is 14.7 Å². The van der Waals surface area contributed by atoms with Crippen molar-refractivity contribution in [3.8, 4) is 5.75 Å². The second-order valence-electron chi connectivity index (χ2n) is 4.82. The lowest BCUT2D eigenvalue weighted by atomic mass is 10.1. The molecule has 1 fully saturated rings. The fraction of sp³-hybridized carbons (Fsp3) is 0.429. The van der Waals surface area contributed by atoms with Crippen molar-refractivity contribution < 1.29 is 14.7 Å².